The highest BCUT2D eigenvalue weighted by atomic mass is 35.5. The summed E-state index contributed by atoms with van der Waals surface area (Å²) in [5, 5.41) is 12.9. The average molecular weight is 348 g/mol. The Hall–Kier alpha value is -1.63. The maximum atomic E-state index is 13.4. The Balaban J connectivity index is 2.28. The summed E-state index contributed by atoms with van der Waals surface area (Å²) < 4.78 is 13.4. The number of carboxylic acid groups (broad SMARTS) is 1. The fraction of sp³-hybridized carbons (Fsp3) is 0.0769. The minimum atomic E-state index is -1.23. The molecule has 1 heterocycles. The third kappa shape index (κ3) is 3.53. The molecule has 110 valence electrons. The van der Waals surface area contributed by atoms with E-state index in [1.54, 1.807) is 17.5 Å². The molecule has 0 aliphatic carbocycles. The molecule has 0 saturated carbocycles. The summed E-state index contributed by atoms with van der Waals surface area (Å²) in [4.78, 5) is 23.8. The van der Waals surface area contributed by atoms with Crippen molar-refractivity contribution in [3.63, 3.8) is 0 Å². The van der Waals surface area contributed by atoms with E-state index in [2.05, 4.69) is 5.32 Å². The van der Waals surface area contributed by atoms with Crippen LogP contribution < -0.4 is 5.32 Å². The predicted molar refractivity (Wildman–Crippen MR) is 78.6 cm³/mol. The molecule has 1 aromatic carbocycles. The number of hydrogen-bond acceptors (Lipinski definition) is 3. The molecule has 1 unspecified atom stereocenters. The standard InChI is InChI=1S/C13H8Cl2FNO3S/c14-7-5-8(15)9(16)4-6(7)12(18)17-11(13(19)20)10-2-1-3-21-10/h1-5,11H,(H,17,18)(H,19,20). The number of carbonyl (C=O) groups is 2. The number of nitrogens with one attached hydrogen (secondary N) is 1. The number of carbonyl (C=O) groups excluding carboxylic acids is 1. The van der Waals surface area contributed by atoms with E-state index in [1.807, 2.05) is 0 Å². The van der Waals surface area contributed by atoms with E-state index in [0.717, 1.165) is 12.1 Å². The third-order valence-electron chi connectivity index (χ3n) is 2.60. The van der Waals surface area contributed by atoms with E-state index in [9.17, 15) is 19.1 Å². The van der Waals surface area contributed by atoms with Crippen molar-refractivity contribution < 1.29 is 19.1 Å². The molecule has 8 heteroatoms. The molecule has 21 heavy (non-hydrogen) atoms. The lowest BCUT2D eigenvalue weighted by Crippen LogP contribution is -2.33. The summed E-state index contributed by atoms with van der Waals surface area (Å²) in [7, 11) is 0. The lowest BCUT2D eigenvalue weighted by Gasteiger charge is -2.14. The van der Waals surface area contributed by atoms with Crippen molar-refractivity contribution in [1.29, 1.82) is 0 Å². The van der Waals surface area contributed by atoms with E-state index in [4.69, 9.17) is 23.2 Å². The SMILES string of the molecule is O=C(NC(C(=O)O)c1cccs1)c1cc(F)c(Cl)cc1Cl. The summed E-state index contributed by atoms with van der Waals surface area (Å²) in [6.45, 7) is 0. The second-order valence-corrected chi connectivity index (χ2v) is 5.80. The van der Waals surface area contributed by atoms with Crippen LogP contribution in [0.1, 0.15) is 21.3 Å². The molecule has 1 amide bonds. The van der Waals surface area contributed by atoms with Gasteiger partial charge in [0.05, 0.1) is 15.6 Å². The van der Waals surface area contributed by atoms with Gasteiger partial charge in [0.25, 0.3) is 5.91 Å². The second-order valence-electron chi connectivity index (χ2n) is 4.01. The Kier molecular flexibility index (Phi) is 4.82. The van der Waals surface area contributed by atoms with Gasteiger partial charge in [-0.05, 0) is 23.6 Å². The zero-order chi connectivity index (χ0) is 15.6. The quantitative estimate of drug-likeness (QED) is 0.827. The molecule has 1 aromatic heterocycles. The molecule has 0 radical (unpaired) electrons. The predicted octanol–water partition coefficient (Wildman–Crippen LogP) is 3.75. The minimum absolute atomic E-state index is 0.0609. The van der Waals surface area contributed by atoms with Gasteiger partial charge in [-0.1, -0.05) is 29.3 Å². The van der Waals surface area contributed by atoms with E-state index in [0.29, 0.717) is 4.88 Å². The lowest BCUT2D eigenvalue weighted by molar-refractivity contribution is -0.139. The fourth-order valence-electron chi connectivity index (χ4n) is 1.62. The van der Waals surface area contributed by atoms with Crippen molar-refractivity contribution in [2.24, 2.45) is 0 Å². The largest absolute Gasteiger partial charge is 0.479 e. The highest BCUT2D eigenvalue weighted by Crippen LogP contribution is 2.26. The van der Waals surface area contributed by atoms with Crippen molar-refractivity contribution in [3.05, 3.63) is 55.9 Å². The number of thiophene rings is 1. The summed E-state index contributed by atoms with van der Waals surface area (Å²) in [5.74, 6) is -2.83. The molecule has 4 nitrogen and oxygen atoms in total. The monoisotopic (exact) mass is 347 g/mol. The zero-order valence-electron chi connectivity index (χ0n) is 10.3. The Morgan fingerprint density at radius 1 is 1.29 bits per heavy atom. The molecule has 0 aliphatic rings. The number of rotatable bonds is 4. The molecular formula is C13H8Cl2FNO3S. The van der Waals surface area contributed by atoms with Gasteiger partial charge in [0.1, 0.15) is 5.82 Å². The summed E-state index contributed by atoms with van der Waals surface area (Å²) in [5.41, 5.74) is -0.179. The Bertz CT molecular complexity index is 691. The molecule has 0 saturated heterocycles. The highest BCUT2D eigenvalue weighted by Gasteiger charge is 2.25. The molecule has 2 aromatic rings. The van der Waals surface area contributed by atoms with Gasteiger partial charge in [-0.3, -0.25) is 4.79 Å². The van der Waals surface area contributed by atoms with Crippen molar-refractivity contribution in [1.82, 2.24) is 5.32 Å². The topological polar surface area (TPSA) is 66.4 Å². The van der Waals surface area contributed by atoms with Gasteiger partial charge in [0.15, 0.2) is 6.04 Å². The molecule has 2 N–H and O–H groups in total. The summed E-state index contributed by atoms with van der Waals surface area (Å²) in [6.07, 6.45) is 0. The van der Waals surface area contributed by atoms with Crippen molar-refractivity contribution >= 4 is 46.4 Å². The van der Waals surface area contributed by atoms with Crippen LogP contribution in [-0.2, 0) is 4.79 Å². The van der Waals surface area contributed by atoms with Crippen LogP contribution in [-0.4, -0.2) is 17.0 Å². The van der Waals surface area contributed by atoms with Crippen LogP contribution in [0.3, 0.4) is 0 Å². The van der Waals surface area contributed by atoms with Crippen LogP contribution in [0.5, 0.6) is 0 Å². The molecule has 0 spiro atoms. The maximum absolute atomic E-state index is 13.4. The molecular weight excluding hydrogens is 340 g/mol. The van der Waals surface area contributed by atoms with Crippen LogP contribution in [0.2, 0.25) is 10.0 Å². The zero-order valence-corrected chi connectivity index (χ0v) is 12.6. The summed E-state index contributed by atoms with van der Waals surface area (Å²) >= 11 is 12.6. The third-order valence-corrected chi connectivity index (χ3v) is 4.14. The number of aliphatic carboxylic acids is 1. The first-order valence-corrected chi connectivity index (χ1v) is 7.25. The molecule has 0 bridgehead atoms. The van der Waals surface area contributed by atoms with Crippen LogP contribution in [0.15, 0.2) is 29.6 Å². The second kappa shape index (κ2) is 6.43. The number of carboxylic acids is 1. The van der Waals surface area contributed by atoms with Crippen LogP contribution >= 0.6 is 34.5 Å². The van der Waals surface area contributed by atoms with Crippen molar-refractivity contribution in [3.8, 4) is 0 Å². The molecule has 1 atom stereocenters. The lowest BCUT2D eigenvalue weighted by atomic mass is 10.1. The van der Waals surface area contributed by atoms with Gasteiger partial charge in [-0.25, -0.2) is 9.18 Å². The Morgan fingerprint density at radius 3 is 2.57 bits per heavy atom. The van der Waals surface area contributed by atoms with E-state index in [-0.39, 0.29) is 15.6 Å². The van der Waals surface area contributed by atoms with Gasteiger partial charge < -0.3 is 10.4 Å². The Morgan fingerprint density at radius 2 is 2.00 bits per heavy atom. The fourth-order valence-corrected chi connectivity index (χ4v) is 2.85. The van der Waals surface area contributed by atoms with E-state index < -0.39 is 23.7 Å². The highest BCUT2D eigenvalue weighted by molar-refractivity contribution is 7.10. The van der Waals surface area contributed by atoms with Crippen LogP contribution in [0.25, 0.3) is 0 Å². The van der Waals surface area contributed by atoms with Crippen molar-refractivity contribution in [2.75, 3.05) is 0 Å². The normalized spacial score (nSPS) is 12.0. The van der Waals surface area contributed by atoms with Crippen molar-refractivity contribution in [2.45, 2.75) is 6.04 Å². The van der Waals surface area contributed by atoms with Gasteiger partial charge in [0, 0.05) is 4.88 Å². The number of halogens is 3. The van der Waals surface area contributed by atoms with Gasteiger partial charge in [0.2, 0.25) is 0 Å². The summed E-state index contributed by atoms with van der Waals surface area (Å²) in [6, 6.07) is 3.97. The minimum Gasteiger partial charge on any atom is -0.479 e. The molecule has 0 aliphatic heterocycles. The van der Waals surface area contributed by atoms with E-state index >= 15 is 0 Å². The number of hydrogen-bond donors (Lipinski definition) is 2. The molecule has 0 fully saturated rings. The maximum Gasteiger partial charge on any atom is 0.331 e. The first-order valence-electron chi connectivity index (χ1n) is 5.61. The Labute approximate surface area is 133 Å². The number of amides is 1. The number of benzene rings is 1. The van der Waals surface area contributed by atoms with Crippen LogP contribution in [0.4, 0.5) is 4.39 Å². The van der Waals surface area contributed by atoms with Gasteiger partial charge in [-0.2, -0.15) is 0 Å². The average Bonchev–Trinajstić information content (AvgIpc) is 2.93. The van der Waals surface area contributed by atoms with Gasteiger partial charge in [-0.15, -0.1) is 11.3 Å². The smallest absolute Gasteiger partial charge is 0.331 e. The first kappa shape index (κ1) is 15.8. The van der Waals surface area contributed by atoms with E-state index in [1.165, 1.54) is 11.3 Å². The van der Waals surface area contributed by atoms with Gasteiger partial charge >= 0.3 is 5.97 Å². The van der Waals surface area contributed by atoms with Crippen LogP contribution in [0, 0.1) is 5.82 Å². The molecule has 2 rings (SSSR count). The first-order chi connectivity index (χ1) is 9.90.